The van der Waals surface area contributed by atoms with E-state index in [1.807, 2.05) is 79.7 Å². The van der Waals surface area contributed by atoms with Crippen molar-refractivity contribution >= 4 is 11.7 Å². The van der Waals surface area contributed by atoms with Crippen molar-refractivity contribution in [1.29, 1.82) is 0 Å². The van der Waals surface area contributed by atoms with Gasteiger partial charge in [-0.15, -0.1) is 0 Å². The lowest BCUT2D eigenvalue weighted by molar-refractivity contribution is 0.248. The number of carbonyl (C=O) groups is 1. The molecule has 0 aliphatic heterocycles. The monoisotopic (exact) mass is 330 g/mol. The summed E-state index contributed by atoms with van der Waals surface area (Å²) in [7, 11) is 0. The van der Waals surface area contributed by atoms with Crippen LogP contribution in [0.1, 0.15) is 22.7 Å². The summed E-state index contributed by atoms with van der Waals surface area (Å²) in [5, 5.41) is 6.00. The normalized spacial score (nSPS) is 11.6. The van der Waals surface area contributed by atoms with Gasteiger partial charge in [0.15, 0.2) is 0 Å². The third-order valence-electron chi connectivity index (χ3n) is 4.10. The SMILES string of the molecule is Cc1ccc(NC(=O)NC(Cc2ccccc2)c2ccccc2)cc1. The minimum atomic E-state index is -0.200. The Morgan fingerprint density at radius 3 is 2.08 bits per heavy atom. The van der Waals surface area contributed by atoms with Gasteiger partial charge in [-0.2, -0.15) is 0 Å². The predicted octanol–water partition coefficient (Wildman–Crippen LogP) is 5.10. The Morgan fingerprint density at radius 1 is 0.840 bits per heavy atom. The molecule has 0 bridgehead atoms. The number of anilines is 1. The summed E-state index contributed by atoms with van der Waals surface area (Å²) >= 11 is 0. The smallest absolute Gasteiger partial charge is 0.319 e. The fraction of sp³-hybridized carbons (Fsp3) is 0.136. The number of aryl methyl sites for hydroxylation is 1. The van der Waals surface area contributed by atoms with Gasteiger partial charge in [-0.25, -0.2) is 4.79 Å². The third-order valence-corrected chi connectivity index (χ3v) is 4.10. The highest BCUT2D eigenvalue weighted by Crippen LogP contribution is 2.19. The van der Waals surface area contributed by atoms with Gasteiger partial charge in [0.05, 0.1) is 6.04 Å². The Bertz CT molecular complexity index is 798. The fourth-order valence-electron chi connectivity index (χ4n) is 2.75. The van der Waals surface area contributed by atoms with E-state index in [0.717, 1.165) is 23.2 Å². The Morgan fingerprint density at radius 2 is 1.44 bits per heavy atom. The van der Waals surface area contributed by atoms with E-state index in [0.29, 0.717) is 0 Å². The topological polar surface area (TPSA) is 41.1 Å². The van der Waals surface area contributed by atoms with Crippen molar-refractivity contribution in [3.05, 3.63) is 102 Å². The number of hydrogen-bond donors (Lipinski definition) is 2. The Labute approximate surface area is 148 Å². The molecule has 0 aliphatic carbocycles. The minimum absolute atomic E-state index is 0.0888. The maximum atomic E-state index is 12.4. The van der Waals surface area contributed by atoms with Gasteiger partial charge in [0.1, 0.15) is 0 Å². The van der Waals surface area contributed by atoms with E-state index in [1.165, 1.54) is 5.56 Å². The molecule has 2 N–H and O–H groups in total. The molecule has 0 radical (unpaired) electrons. The average Bonchev–Trinajstić information content (AvgIpc) is 2.65. The molecule has 3 heteroatoms. The highest BCUT2D eigenvalue weighted by atomic mass is 16.2. The van der Waals surface area contributed by atoms with Gasteiger partial charge in [-0.3, -0.25) is 0 Å². The van der Waals surface area contributed by atoms with Crippen LogP contribution in [0.3, 0.4) is 0 Å². The van der Waals surface area contributed by atoms with Crippen LogP contribution in [0.15, 0.2) is 84.9 Å². The van der Waals surface area contributed by atoms with E-state index >= 15 is 0 Å². The van der Waals surface area contributed by atoms with Crippen LogP contribution < -0.4 is 10.6 Å². The van der Waals surface area contributed by atoms with Crippen molar-refractivity contribution in [3.8, 4) is 0 Å². The molecule has 2 amide bonds. The van der Waals surface area contributed by atoms with Gasteiger partial charge >= 0.3 is 6.03 Å². The molecule has 0 aliphatic rings. The van der Waals surface area contributed by atoms with Crippen LogP contribution in [0.5, 0.6) is 0 Å². The summed E-state index contributed by atoms with van der Waals surface area (Å²) in [6.45, 7) is 2.02. The van der Waals surface area contributed by atoms with E-state index in [1.54, 1.807) is 0 Å². The van der Waals surface area contributed by atoms with Crippen LogP contribution in [-0.4, -0.2) is 6.03 Å². The largest absolute Gasteiger partial charge is 0.331 e. The molecular weight excluding hydrogens is 308 g/mol. The van der Waals surface area contributed by atoms with Crippen LogP contribution in [0.4, 0.5) is 10.5 Å². The zero-order valence-corrected chi connectivity index (χ0v) is 14.3. The predicted molar refractivity (Wildman–Crippen MR) is 103 cm³/mol. The molecule has 3 nitrogen and oxygen atoms in total. The first kappa shape index (κ1) is 16.8. The number of benzene rings is 3. The lowest BCUT2D eigenvalue weighted by atomic mass is 9.99. The van der Waals surface area contributed by atoms with Crippen LogP contribution in [0.2, 0.25) is 0 Å². The summed E-state index contributed by atoms with van der Waals surface area (Å²) in [5.74, 6) is 0. The third kappa shape index (κ3) is 4.95. The highest BCUT2D eigenvalue weighted by molar-refractivity contribution is 5.89. The molecule has 3 aromatic rings. The van der Waals surface area contributed by atoms with E-state index in [-0.39, 0.29) is 12.1 Å². The van der Waals surface area contributed by atoms with E-state index in [4.69, 9.17) is 0 Å². The van der Waals surface area contributed by atoms with Crippen molar-refractivity contribution < 1.29 is 4.79 Å². The summed E-state index contributed by atoms with van der Waals surface area (Å²) in [6.07, 6.45) is 0.742. The minimum Gasteiger partial charge on any atom is -0.331 e. The first-order chi connectivity index (χ1) is 12.2. The van der Waals surface area contributed by atoms with Crippen LogP contribution in [0, 0.1) is 6.92 Å². The average molecular weight is 330 g/mol. The van der Waals surface area contributed by atoms with Crippen molar-refractivity contribution in [1.82, 2.24) is 5.32 Å². The van der Waals surface area contributed by atoms with Crippen molar-refractivity contribution in [2.24, 2.45) is 0 Å². The number of nitrogens with one attached hydrogen (secondary N) is 2. The van der Waals surface area contributed by atoms with Crippen LogP contribution >= 0.6 is 0 Å². The summed E-state index contributed by atoms with van der Waals surface area (Å²) in [6, 6.07) is 27.7. The maximum Gasteiger partial charge on any atom is 0.319 e. The van der Waals surface area contributed by atoms with Crippen molar-refractivity contribution in [3.63, 3.8) is 0 Å². The molecule has 3 aromatic carbocycles. The maximum absolute atomic E-state index is 12.4. The standard InChI is InChI=1S/C22H22N2O/c1-17-12-14-20(15-13-17)23-22(25)24-21(19-10-6-3-7-11-19)16-18-8-4-2-5-9-18/h2-15,21H,16H2,1H3,(H2,23,24,25). The number of carbonyl (C=O) groups excluding carboxylic acids is 1. The number of amides is 2. The Kier molecular flexibility index (Phi) is 5.47. The fourth-order valence-corrected chi connectivity index (χ4v) is 2.75. The van der Waals surface area contributed by atoms with Gasteiger partial charge in [-0.1, -0.05) is 78.4 Å². The summed E-state index contributed by atoms with van der Waals surface area (Å²) in [4.78, 5) is 12.4. The molecular formula is C22H22N2O. The number of hydrogen-bond acceptors (Lipinski definition) is 1. The number of rotatable bonds is 5. The van der Waals surface area contributed by atoms with Crippen LogP contribution in [-0.2, 0) is 6.42 Å². The lowest BCUT2D eigenvalue weighted by Crippen LogP contribution is -2.33. The second kappa shape index (κ2) is 8.15. The lowest BCUT2D eigenvalue weighted by Gasteiger charge is -2.20. The number of urea groups is 1. The first-order valence-corrected chi connectivity index (χ1v) is 8.44. The molecule has 3 rings (SSSR count). The van der Waals surface area contributed by atoms with Gasteiger partial charge in [0.2, 0.25) is 0 Å². The van der Waals surface area contributed by atoms with Crippen molar-refractivity contribution in [2.75, 3.05) is 5.32 Å². The molecule has 25 heavy (non-hydrogen) atoms. The quantitative estimate of drug-likeness (QED) is 0.671. The molecule has 1 atom stereocenters. The zero-order valence-electron chi connectivity index (χ0n) is 14.3. The highest BCUT2D eigenvalue weighted by Gasteiger charge is 2.15. The van der Waals surface area contributed by atoms with Gasteiger partial charge in [0, 0.05) is 5.69 Å². The van der Waals surface area contributed by atoms with E-state index in [9.17, 15) is 4.79 Å². The molecule has 0 saturated carbocycles. The van der Waals surface area contributed by atoms with E-state index in [2.05, 4.69) is 22.8 Å². The molecule has 0 aromatic heterocycles. The van der Waals surface area contributed by atoms with Gasteiger partial charge in [-0.05, 0) is 36.6 Å². The van der Waals surface area contributed by atoms with E-state index < -0.39 is 0 Å². The van der Waals surface area contributed by atoms with Gasteiger partial charge < -0.3 is 10.6 Å². The zero-order chi connectivity index (χ0) is 17.5. The first-order valence-electron chi connectivity index (χ1n) is 8.44. The Hall–Kier alpha value is -3.07. The van der Waals surface area contributed by atoms with Crippen molar-refractivity contribution in [2.45, 2.75) is 19.4 Å². The second-order valence-electron chi connectivity index (χ2n) is 6.12. The molecule has 0 fully saturated rings. The summed E-state index contributed by atoms with van der Waals surface area (Å²) < 4.78 is 0. The Balaban J connectivity index is 1.72. The van der Waals surface area contributed by atoms with Gasteiger partial charge in [0.25, 0.3) is 0 Å². The summed E-state index contributed by atoms with van der Waals surface area (Å²) in [5.41, 5.74) is 4.23. The second-order valence-corrected chi connectivity index (χ2v) is 6.12. The van der Waals surface area contributed by atoms with Crippen LogP contribution in [0.25, 0.3) is 0 Å². The molecule has 0 saturated heterocycles. The molecule has 1 unspecified atom stereocenters. The molecule has 0 spiro atoms. The molecule has 0 heterocycles. The molecule has 126 valence electrons.